The third kappa shape index (κ3) is 4.98. The van der Waals surface area contributed by atoms with Crippen molar-refractivity contribution in [3.8, 4) is 16.9 Å². The number of carbonyl (C=O) groups excluding carboxylic acids is 1. The molecule has 0 fully saturated rings. The highest BCUT2D eigenvalue weighted by Gasteiger charge is 2.29. The number of hydrogen-bond donors (Lipinski definition) is 2. The molecule has 0 aliphatic carbocycles. The number of pyridine rings is 1. The summed E-state index contributed by atoms with van der Waals surface area (Å²) in [5, 5.41) is 0.478. The Morgan fingerprint density at radius 1 is 1.02 bits per heavy atom. The van der Waals surface area contributed by atoms with Gasteiger partial charge in [-0.25, -0.2) is 21.9 Å². The van der Waals surface area contributed by atoms with Crippen molar-refractivity contribution in [2.75, 3.05) is 7.11 Å². The number of nitrogens with one attached hydrogen (secondary N) is 2. The smallest absolute Gasteiger partial charge is 0.282 e. The van der Waals surface area contributed by atoms with Crippen molar-refractivity contribution < 1.29 is 26.7 Å². The minimum atomic E-state index is -4.37. The first kappa shape index (κ1) is 26.8. The molecular weight excluding hydrogens is 540 g/mol. The van der Waals surface area contributed by atoms with Crippen LogP contribution in [-0.4, -0.2) is 31.0 Å². The van der Waals surface area contributed by atoms with Crippen molar-refractivity contribution in [1.29, 1.82) is 0 Å². The Kier molecular flexibility index (Phi) is 6.99. The summed E-state index contributed by atoms with van der Waals surface area (Å²) in [6.07, 6.45) is 1.43. The third-order valence-electron chi connectivity index (χ3n) is 6.46. The number of aryl methyl sites for hydroxylation is 1. The highest BCUT2D eigenvalue weighted by atomic mass is 32.2. The van der Waals surface area contributed by atoms with E-state index in [0.717, 1.165) is 17.7 Å². The van der Waals surface area contributed by atoms with Crippen LogP contribution in [0.5, 0.6) is 5.75 Å². The average molecular weight is 564 g/mol. The number of rotatable bonds is 7. The van der Waals surface area contributed by atoms with E-state index < -0.39 is 33.1 Å². The van der Waals surface area contributed by atoms with E-state index in [1.807, 2.05) is 6.92 Å². The fourth-order valence-electron chi connectivity index (χ4n) is 4.56. The van der Waals surface area contributed by atoms with Crippen molar-refractivity contribution in [2.24, 2.45) is 0 Å². The number of aromatic amines is 1. The molecule has 0 atom stereocenters. The van der Waals surface area contributed by atoms with Crippen molar-refractivity contribution in [2.45, 2.75) is 18.4 Å². The van der Waals surface area contributed by atoms with Crippen LogP contribution >= 0.6 is 0 Å². The van der Waals surface area contributed by atoms with Crippen LogP contribution in [-0.2, 0) is 16.6 Å². The maximum absolute atomic E-state index is 14.8. The van der Waals surface area contributed by atoms with E-state index in [0.29, 0.717) is 16.7 Å². The Morgan fingerprint density at radius 3 is 2.45 bits per heavy atom. The van der Waals surface area contributed by atoms with Gasteiger partial charge in [-0.3, -0.25) is 9.59 Å². The van der Waals surface area contributed by atoms with Gasteiger partial charge in [-0.1, -0.05) is 17.7 Å². The number of amides is 1. The first-order chi connectivity index (χ1) is 19.1. The summed E-state index contributed by atoms with van der Waals surface area (Å²) in [5.41, 5.74) is 0.901. The van der Waals surface area contributed by atoms with Crippen LogP contribution in [0, 0.1) is 18.6 Å². The van der Waals surface area contributed by atoms with E-state index >= 15 is 0 Å². The van der Waals surface area contributed by atoms with Crippen molar-refractivity contribution in [1.82, 2.24) is 14.3 Å². The molecule has 3 aromatic carbocycles. The van der Waals surface area contributed by atoms with Crippen LogP contribution in [0.25, 0.3) is 22.0 Å². The fraction of sp³-hybridized carbons (Fsp3) is 0.103. The van der Waals surface area contributed by atoms with Gasteiger partial charge in [-0.15, -0.1) is 0 Å². The second kappa shape index (κ2) is 10.4. The second-order valence-electron chi connectivity index (χ2n) is 9.09. The maximum atomic E-state index is 14.8. The van der Waals surface area contributed by atoms with Gasteiger partial charge in [0.15, 0.2) is 0 Å². The monoisotopic (exact) mass is 563 g/mol. The molecule has 0 bridgehead atoms. The molecule has 2 heterocycles. The van der Waals surface area contributed by atoms with E-state index in [1.54, 1.807) is 24.3 Å². The Balaban J connectivity index is 1.75. The minimum Gasteiger partial charge on any atom is -0.497 e. The summed E-state index contributed by atoms with van der Waals surface area (Å²) < 4.78 is 63.4. The Hall–Kier alpha value is -4.77. The van der Waals surface area contributed by atoms with Crippen molar-refractivity contribution in [3.63, 3.8) is 0 Å². The molecule has 0 aliphatic heterocycles. The van der Waals surface area contributed by atoms with Crippen LogP contribution in [0.1, 0.15) is 21.6 Å². The van der Waals surface area contributed by atoms with E-state index in [4.69, 9.17) is 4.74 Å². The summed E-state index contributed by atoms with van der Waals surface area (Å²) in [5.74, 6) is -2.22. The van der Waals surface area contributed by atoms with Gasteiger partial charge < -0.3 is 14.3 Å². The molecular formula is C29H23F2N3O5S. The number of ether oxygens (including phenoxy) is 1. The Bertz CT molecular complexity index is 1930. The van der Waals surface area contributed by atoms with Crippen LogP contribution in [0.3, 0.4) is 0 Å². The van der Waals surface area contributed by atoms with Crippen molar-refractivity contribution in [3.05, 3.63) is 118 Å². The van der Waals surface area contributed by atoms with Crippen molar-refractivity contribution >= 4 is 26.8 Å². The molecule has 5 rings (SSSR count). The van der Waals surface area contributed by atoms with Gasteiger partial charge >= 0.3 is 0 Å². The van der Waals surface area contributed by atoms with Gasteiger partial charge in [0.2, 0.25) is 0 Å². The van der Waals surface area contributed by atoms with E-state index in [9.17, 15) is 26.8 Å². The van der Waals surface area contributed by atoms with E-state index in [1.165, 1.54) is 54.3 Å². The Morgan fingerprint density at radius 2 is 1.77 bits per heavy atom. The zero-order valence-electron chi connectivity index (χ0n) is 21.4. The lowest BCUT2D eigenvalue weighted by molar-refractivity contribution is 0.0974. The van der Waals surface area contributed by atoms with Gasteiger partial charge in [0.25, 0.3) is 21.5 Å². The van der Waals surface area contributed by atoms with Crippen LogP contribution in [0.4, 0.5) is 8.78 Å². The molecule has 5 aromatic rings. The molecule has 40 heavy (non-hydrogen) atoms. The number of nitrogens with zero attached hydrogens (tertiary/aromatic N) is 1. The van der Waals surface area contributed by atoms with Gasteiger partial charge in [-0.2, -0.15) is 0 Å². The molecule has 0 saturated heterocycles. The maximum Gasteiger partial charge on any atom is 0.282 e. The molecule has 11 heteroatoms. The number of carbonyl (C=O) groups is 1. The number of H-pyrrole nitrogens is 1. The quantitative estimate of drug-likeness (QED) is 0.297. The predicted octanol–water partition coefficient (Wildman–Crippen LogP) is 4.76. The summed E-state index contributed by atoms with van der Waals surface area (Å²) in [7, 11) is -2.94. The number of hydrogen-bond acceptors (Lipinski definition) is 5. The number of benzene rings is 3. The first-order valence-electron chi connectivity index (χ1n) is 12.0. The van der Waals surface area contributed by atoms with Crippen LogP contribution in [0.15, 0.2) is 88.7 Å². The topological polar surface area (TPSA) is 110 Å². The van der Waals surface area contributed by atoms with E-state index in [-0.39, 0.29) is 33.8 Å². The molecule has 204 valence electrons. The number of sulfonamides is 1. The standard InChI is InChI=1S/C29H23F2N3O5S/c1-17-5-12-25-23(14-17)26(22-4-3-13-32-28(22)35)27(34(25)16-18-6-7-19(30)15-24(18)31)29(36)33-40(37,38)21-10-8-20(39-2)9-11-21/h3-15H,16H2,1-2H3,(H,32,35)(H,33,36). The van der Waals surface area contributed by atoms with Gasteiger partial charge in [0, 0.05) is 39.9 Å². The van der Waals surface area contributed by atoms with Crippen LogP contribution < -0.4 is 15.0 Å². The molecule has 0 saturated carbocycles. The van der Waals surface area contributed by atoms with E-state index in [2.05, 4.69) is 9.71 Å². The summed E-state index contributed by atoms with van der Waals surface area (Å²) >= 11 is 0. The predicted molar refractivity (Wildman–Crippen MR) is 146 cm³/mol. The third-order valence-corrected chi connectivity index (χ3v) is 7.81. The second-order valence-corrected chi connectivity index (χ2v) is 10.8. The van der Waals surface area contributed by atoms with Gasteiger partial charge in [0.1, 0.15) is 23.1 Å². The number of methoxy groups -OCH3 is 1. The molecule has 0 unspecified atom stereocenters. The molecule has 1 amide bonds. The lowest BCUT2D eigenvalue weighted by Crippen LogP contribution is -2.33. The molecule has 0 radical (unpaired) electrons. The highest BCUT2D eigenvalue weighted by molar-refractivity contribution is 7.90. The summed E-state index contributed by atoms with van der Waals surface area (Å²) in [6, 6.07) is 16.8. The molecule has 2 N–H and O–H groups in total. The Labute approximate surface area is 227 Å². The van der Waals surface area contributed by atoms with Gasteiger partial charge in [-0.05, 0) is 61.5 Å². The molecule has 0 aliphatic rings. The zero-order chi connectivity index (χ0) is 28.6. The molecule has 0 spiro atoms. The highest BCUT2D eigenvalue weighted by Crippen LogP contribution is 2.35. The molecule has 8 nitrogen and oxygen atoms in total. The first-order valence-corrected chi connectivity index (χ1v) is 13.5. The lowest BCUT2D eigenvalue weighted by atomic mass is 10.0. The number of aromatic nitrogens is 2. The zero-order valence-corrected chi connectivity index (χ0v) is 22.2. The molecule has 2 aromatic heterocycles. The number of halogens is 2. The van der Waals surface area contributed by atoms with Gasteiger partial charge in [0.05, 0.1) is 18.6 Å². The normalized spacial score (nSPS) is 11.5. The minimum absolute atomic E-state index is 0.0551. The van der Waals surface area contributed by atoms with Crippen LogP contribution in [0.2, 0.25) is 0 Å². The average Bonchev–Trinajstić information content (AvgIpc) is 3.23. The SMILES string of the molecule is COc1ccc(S(=O)(=O)NC(=O)c2c(-c3ccc[nH]c3=O)c3cc(C)ccc3n2Cc2ccc(F)cc2F)cc1. The largest absolute Gasteiger partial charge is 0.497 e. The lowest BCUT2D eigenvalue weighted by Gasteiger charge is -2.14. The number of fused-ring (bicyclic) bond motifs is 1. The summed E-state index contributed by atoms with van der Waals surface area (Å²) in [6.45, 7) is 1.57. The fourth-order valence-corrected chi connectivity index (χ4v) is 5.52. The summed E-state index contributed by atoms with van der Waals surface area (Å²) in [4.78, 5) is 29.2.